The Bertz CT molecular complexity index is 2080. The van der Waals surface area contributed by atoms with E-state index in [4.69, 9.17) is 37.9 Å². The number of rotatable bonds is 12. The van der Waals surface area contributed by atoms with Gasteiger partial charge >= 0.3 is 0 Å². The molecule has 0 bridgehead atoms. The van der Waals surface area contributed by atoms with Gasteiger partial charge in [0.2, 0.25) is 17.7 Å². The van der Waals surface area contributed by atoms with Crippen LogP contribution in [0.3, 0.4) is 0 Å². The van der Waals surface area contributed by atoms with E-state index in [2.05, 4.69) is 33.5 Å². The first kappa shape index (κ1) is 34.0. The first-order valence-corrected chi connectivity index (χ1v) is 17.6. The first-order chi connectivity index (χ1) is 24.3. The molecular formula is C38H39Cl2N7O3. The van der Waals surface area contributed by atoms with E-state index in [0.717, 1.165) is 69.5 Å². The maximum absolute atomic E-state index is 11.5. The molecule has 258 valence electrons. The van der Waals surface area contributed by atoms with Crippen LogP contribution in [0.2, 0.25) is 10.0 Å². The molecule has 3 aromatic heterocycles. The zero-order chi connectivity index (χ0) is 34.8. The molecule has 0 aliphatic carbocycles. The van der Waals surface area contributed by atoms with E-state index in [1.807, 2.05) is 66.2 Å². The van der Waals surface area contributed by atoms with Crippen LogP contribution in [0, 0.1) is 0 Å². The van der Waals surface area contributed by atoms with Crippen LogP contribution >= 0.6 is 23.2 Å². The summed E-state index contributed by atoms with van der Waals surface area (Å²) in [4.78, 5) is 32.9. The third kappa shape index (κ3) is 7.07. The van der Waals surface area contributed by atoms with E-state index in [1.54, 1.807) is 7.11 Å². The number of hydrogen-bond donors (Lipinski definition) is 4. The molecule has 10 nitrogen and oxygen atoms in total. The second-order valence-electron chi connectivity index (χ2n) is 12.9. The van der Waals surface area contributed by atoms with Crippen molar-refractivity contribution in [3.8, 4) is 39.5 Å². The fraction of sp³-hybridized carbons (Fsp3) is 0.316. The average Bonchev–Trinajstić information content (AvgIpc) is 3.83. The molecule has 50 heavy (non-hydrogen) atoms. The van der Waals surface area contributed by atoms with Gasteiger partial charge in [0.25, 0.3) is 0 Å². The number of nitrogens with zero attached hydrogens (tertiary/aromatic N) is 3. The molecule has 0 spiro atoms. The van der Waals surface area contributed by atoms with Gasteiger partial charge in [-0.2, -0.15) is 0 Å². The number of hydrogen-bond acceptors (Lipinski definition) is 7. The number of ether oxygens (including phenoxy) is 1. The minimum Gasteiger partial charge on any atom is -0.481 e. The van der Waals surface area contributed by atoms with Crippen molar-refractivity contribution in [1.29, 1.82) is 0 Å². The molecule has 5 aromatic rings. The average molecular weight is 713 g/mol. The second kappa shape index (κ2) is 14.8. The summed E-state index contributed by atoms with van der Waals surface area (Å²) >= 11 is 14.3. The van der Waals surface area contributed by atoms with Crippen molar-refractivity contribution < 1.29 is 14.3 Å². The van der Waals surface area contributed by atoms with E-state index in [9.17, 15) is 9.59 Å². The van der Waals surface area contributed by atoms with Crippen LogP contribution in [0.4, 0.5) is 0 Å². The standard InChI is InChI=1S/C38H39Cl2N7O3/c1-47-21-23(18-42-20-25-11-16-34(49)44-25)26-12-14-31(45-37(26)47)29-7-3-5-27(35(29)39)28-6-4-8-30(36(28)40)32-13-9-22(38(46-32)50-2)17-41-19-24-10-15-33(48)43-24/h3-9,12-14,21,24-25,41-42H,10-11,15-20H2,1-2H3,(H,43,48)(H,44,49)/t24-,25-/m0/s1. The summed E-state index contributed by atoms with van der Waals surface area (Å²) in [6.45, 7) is 2.65. The molecule has 5 heterocycles. The molecule has 2 fully saturated rings. The first-order valence-electron chi connectivity index (χ1n) is 16.9. The summed E-state index contributed by atoms with van der Waals surface area (Å²) in [5.41, 5.74) is 7.50. The lowest BCUT2D eigenvalue weighted by atomic mass is 9.98. The predicted octanol–water partition coefficient (Wildman–Crippen LogP) is 6.02. The van der Waals surface area contributed by atoms with Crippen molar-refractivity contribution in [3.05, 3.63) is 88.0 Å². The molecule has 2 aliphatic heterocycles. The molecule has 2 atom stereocenters. The molecule has 12 heteroatoms. The van der Waals surface area contributed by atoms with E-state index in [1.165, 1.54) is 0 Å². The normalized spacial score (nSPS) is 17.4. The highest BCUT2D eigenvalue weighted by molar-refractivity contribution is 6.39. The number of carbonyl (C=O) groups excluding carboxylic acids is 2. The Morgan fingerprint density at radius 1 is 0.760 bits per heavy atom. The number of nitrogens with one attached hydrogen (secondary N) is 4. The molecular weight excluding hydrogens is 673 g/mol. The maximum Gasteiger partial charge on any atom is 0.220 e. The fourth-order valence-corrected chi connectivity index (χ4v) is 7.50. The smallest absolute Gasteiger partial charge is 0.220 e. The van der Waals surface area contributed by atoms with Gasteiger partial charge in [0.05, 0.1) is 28.5 Å². The lowest BCUT2D eigenvalue weighted by Crippen LogP contribution is -2.35. The van der Waals surface area contributed by atoms with Gasteiger partial charge in [-0.25, -0.2) is 9.97 Å². The molecule has 0 radical (unpaired) electrons. The molecule has 2 saturated heterocycles. The topological polar surface area (TPSA) is 122 Å². The quantitative estimate of drug-likeness (QED) is 0.125. The van der Waals surface area contributed by atoms with Gasteiger partial charge < -0.3 is 30.6 Å². The monoisotopic (exact) mass is 711 g/mol. The summed E-state index contributed by atoms with van der Waals surface area (Å²) in [6, 6.07) is 20.1. The number of fused-ring (bicyclic) bond motifs is 1. The lowest BCUT2D eigenvalue weighted by molar-refractivity contribution is -0.120. The number of benzene rings is 2. The number of pyridine rings is 2. The highest BCUT2D eigenvalue weighted by Gasteiger charge is 2.22. The van der Waals surface area contributed by atoms with Crippen molar-refractivity contribution in [3.63, 3.8) is 0 Å². The fourth-order valence-electron chi connectivity index (χ4n) is 6.85. The minimum atomic E-state index is 0.102. The van der Waals surface area contributed by atoms with E-state index in [-0.39, 0.29) is 23.9 Å². The Morgan fingerprint density at radius 3 is 1.86 bits per heavy atom. The number of amides is 2. The van der Waals surface area contributed by atoms with Gasteiger partial charge in [-0.05, 0) is 36.6 Å². The second-order valence-corrected chi connectivity index (χ2v) is 13.7. The zero-order valence-electron chi connectivity index (χ0n) is 28.0. The van der Waals surface area contributed by atoms with Crippen LogP contribution in [-0.4, -0.2) is 58.6 Å². The number of methoxy groups -OCH3 is 1. The van der Waals surface area contributed by atoms with Gasteiger partial charge in [0, 0.05) is 97.6 Å². The van der Waals surface area contributed by atoms with Crippen LogP contribution in [0.15, 0.2) is 66.9 Å². The van der Waals surface area contributed by atoms with Gasteiger partial charge in [0.1, 0.15) is 5.65 Å². The van der Waals surface area contributed by atoms with E-state index < -0.39 is 0 Å². The molecule has 0 saturated carbocycles. The number of carbonyl (C=O) groups is 2. The molecule has 0 unspecified atom stereocenters. The zero-order valence-corrected chi connectivity index (χ0v) is 29.5. The predicted molar refractivity (Wildman–Crippen MR) is 197 cm³/mol. The molecule has 4 N–H and O–H groups in total. The van der Waals surface area contributed by atoms with Gasteiger partial charge in [-0.1, -0.05) is 65.7 Å². The van der Waals surface area contributed by atoms with Crippen molar-refractivity contribution >= 4 is 46.0 Å². The van der Waals surface area contributed by atoms with Crippen molar-refractivity contribution in [2.75, 3.05) is 20.2 Å². The Morgan fingerprint density at radius 2 is 1.30 bits per heavy atom. The highest BCUT2D eigenvalue weighted by atomic mass is 35.5. The van der Waals surface area contributed by atoms with Gasteiger partial charge in [0.15, 0.2) is 0 Å². The minimum absolute atomic E-state index is 0.102. The van der Waals surface area contributed by atoms with Crippen molar-refractivity contribution in [2.24, 2.45) is 7.05 Å². The Hall–Kier alpha value is -4.48. The summed E-state index contributed by atoms with van der Waals surface area (Å²) in [5, 5.41) is 15.0. The third-order valence-corrected chi connectivity index (χ3v) is 10.3. The van der Waals surface area contributed by atoms with E-state index >= 15 is 0 Å². The maximum atomic E-state index is 11.5. The summed E-state index contributed by atoms with van der Waals surface area (Å²) in [5.74, 6) is 0.734. The highest BCUT2D eigenvalue weighted by Crippen LogP contribution is 2.42. The number of halogens is 2. The lowest BCUT2D eigenvalue weighted by Gasteiger charge is -2.15. The SMILES string of the molecule is COc1nc(-c2cccc(-c3cccc(-c4ccc5c(CNC[C@@H]6CCC(=O)N6)cn(C)c5n4)c3Cl)c2Cl)ccc1CNC[C@@H]1CCC(=O)N1. The van der Waals surface area contributed by atoms with Gasteiger partial charge in [-0.3, -0.25) is 9.59 Å². The van der Waals surface area contributed by atoms with Crippen molar-refractivity contribution in [1.82, 2.24) is 35.8 Å². The Labute approximate surface area is 300 Å². The van der Waals surface area contributed by atoms with Crippen LogP contribution < -0.4 is 26.0 Å². The number of aryl methyl sites for hydroxylation is 1. The largest absolute Gasteiger partial charge is 0.481 e. The third-order valence-electron chi connectivity index (χ3n) is 9.46. The molecule has 2 amide bonds. The van der Waals surface area contributed by atoms with Crippen LogP contribution in [0.5, 0.6) is 5.88 Å². The Balaban J connectivity index is 1.11. The molecule has 2 aliphatic rings. The van der Waals surface area contributed by atoms with E-state index in [0.29, 0.717) is 54.1 Å². The summed E-state index contributed by atoms with van der Waals surface area (Å²) < 4.78 is 7.69. The Kier molecular flexibility index (Phi) is 10.1. The van der Waals surface area contributed by atoms with Gasteiger partial charge in [-0.15, -0.1) is 0 Å². The number of aromatic nitrogens is 3. The summed E-state index contributed by atoms with van der Waals surface area (Å²) in [7, 11) is 3.60. The summed E-state index contributed by atoms with van der Waals surface area (Å²) in [6.07, 6.45) is 4.96. The van der Waals surface area contributed by atoms with Crippen LogP contribution in [-0.2, 0) is 29.7 Å². The molecule has 2 aromatic carbocycles. The van der Waals surface area contributed by atoms with Crippen molar-refractivity contribution in [2.45, 2.75) is 50.9 Å². The van der Waals surface area contributed by atoms with Crippen LogP contribution in [0.1, 0.15) is 36.8 Å². The molecule has 7 rings (SSSR count). The van der Waals surface area contributed by atoms with Crippen LogP contribution in [0.25, 0.3) is 44.7 Å².